The van der Waals surface area contributed by atoms with Gasteiger partial charge < -0.3 is 13.7 Å². The molecule has 0 saturated carbocycles. The second kappa shape index (κ2) is 8.26. The van der Waals surface area contributed by atoms with Crippen LogP contribution in [0.4, 0.5) is 0 Å². The second-order valence-electron chi connectivity index (χ2n) is 7.59. The topological polar surface area (TPSA) is 134 Å². The Morgan fingerprint density at radius 2 is 1.97 bits per heavy atom. The van der Waals surface area contributed by atoms with E-state index in [9.17, 15) is 4.79 Å². The van der Waals surface area contributed by atoms with E-state index in [-0.39, 0.29) is 24.3 Å². The Morgan fingerprint density at radius 1 is 1.15 bits per heavy atom. The van der Waals surface area contributed by atoms with Gasteiger partial charge in [-0.1, -0.05) is 49.3 Å². The largest absolute Gasteiger partial charge is 0.452 e. The highest BCUT2D eigenvalue weighted by atomic mass is 16.5. The van der Waals surface area contributed by atoms with Crippen LogP contribution in [0, 0.1) is 6.92 Å². The fourth-order valence-electron chi connectivity index (χ4n) is 3.54. The Bertz CT molecular complexity index is 1440. The fraction of sp³-hybridized carbons (Fsp3) is 0.227. The highest BCUT2D eigenvalue weighted by Crippen LogP contribution is 2.33. The number of nitrogens with zero attached hydrogens (tertiary/aromatic N) is 7. The van der Waals surface area contributed by atoms with Gasteiger partial charge in [0.2, 0.25) is 0 Å². The van der Waals surface area contributed by atoms with E-state index in [4.69, 9.17) is 13.7 Å². The number of benzene rings is 1. The van der Waals surface area contributed by atoms with Gasteiger partial charge in [0.15, 0.2) is 6.61 Å². The van der Waals surface area contributed by atoms with Crippen LogP contribution < -0.4 is 0 Å². The van der Waals surface area contributed by atoms with Gasteiger partial charge in [-0.25, -0.2) is 14.3 Å². The zero-order valence-corrected chi connectivity index (χ0v) is 18.1. The van der Waals surface area contributed by atoms with Crippen LogP contribution in [-0.2, 0) is 11.3 Å². The molecule has 4 aromatic heterocycles. The summed E-state index contributed by atoms with van der Waals surface area (Å²) in [7, 11) is 0. The van der Waals surface area contributed by atoms with Crippen LogP contribution in [0.3, 0.4) is 0 Å². The molecule has 0 unspecified atom stereocenters. The smallest absolute Gasteiger partial charge is 0.342 e. The van der Waals surface area contributed by atoms with Gasteiger partial charge in [-0.2, -0.15) is 10.1 Å². The molecule has 33 heavy (non-hydrogen) atoms. The number of ether oxygens (including phenoxy) is 1. The number of carbonyl (C=O) groups excluding carboxylic acids is 1. The van der Waals surface area contributed by atoms with Crippen molar-refractivity contribution in [1.29, 1.82) is 0 Å². The van der Waals surface area contributed by atoms with Gasteiger partial charge in [0.1, 0.15) is 23.3 Å². The van der Waals surface area contributed by atoms with Crippen LogP contribution in [-0.4, -0.2) is 40.9 Å². The first-order valence-electron chi connectivity index (χ1n) is 10.2. The van der Waals surface area contributed by atoms with E-state index >= 15 is 0 Å². The molecular weight excluding hydrogens is 426 g/mol. The highest BCUT2D eigenvalue weighted by Gasteiger charge is 2.24. The molecule has 11 heteroatoms. The maximum absolute atomic E-state index is 12.8. The van der Waals surface area contributed by atoms with Crippen molar-refractivity contribution < 1.29 is 18.5 Å². The number of rotatable bonds is 6. The molecule has 0 saturated heterocycles. The molecule has 0 atom stereocenters. The van der Waals surface area contributed by atoms with Gasteiger partial charge in [-0.05, 0) is 12.8 Å². The number of carbonyl (C=O) groups is 1. The van der Waals surface area contributed by atoms with Gasteiger partial charge >= 0.3 is 5.97 Å². The van der Waals surface area contributed by atoms with Gasteiger partial charge in [0, 0.05) is 11.8 Å². The molecule has 0 radical (unpaired) electrons. The minimum Gasteiger partial charge on any atom is -0.452 e. The Balaban J connectivity index is 1.37. The van der Waals surface area contributed by atoms with Gasteiger partial charge in [-0.3, -0.25) is 0 Å². The Kier molecular flexibility index (Phi) is 5.13. The van der Waals surface area contributed by atoms with E-state index in [0.717, 1.165) is 5.56 Å². The maximum Gasteiger partial charge on any atom is 0.342 e. The summed E-state index contributed by atoms with van der Waals surface area (Å²) in [5.41, 5.74) is 2.99. The Hall–Kier alpha value is -4.41. The number of esters is 1. The lowest BCUT2D eigenvalue weighted by atomic mass is 10.1. The maximum atomic E-state index is 12.8. The third-order valence-corrected chi connectivity index (χ3v) is 5.03. The zero-order chi connectivity index (χ0) is 22.9. The molecule has 0 bridgehead atoms. The molecule has 0 aliphatic rings. The summed E-state index contributed by atoms with van der Waals surface area (Å²) in [6.45, 7) is 5.45. The first kappa shape index (κ1) is 20.5. The number of aryl methyl sites for hydroxylation is 1. The number of aromatic nitrogens is 7. The average molecular weight is 445 g/mol. The van der Waals surface area contributed by atoms with Crippen molar-refractivity contribution in [3.63, 3.8) is 0 Å². The van der Waals surface area contributed by atoms with Gasteiger partial charge in [0.05, 0.1) is 11.3 Å². The van der Waals surface area contributed by atoms with Crippen LogP contribution in [0.15, 0.2) is 51.8 Å². The monoisotopic (exact) mass is 445 g/mol. The zero-order valence-electron chi connectivity index (χ0n) is 18.1. The lowest BCUT2D eigenvalue weighted by molar-refractivity contribution is 0.0435. The number of hydrogen-bond acceptors (Lipinski definition) is 10. The molecule has 5 aromatic rings. The van der Waals surface area contributed by atoms with Crippen LogP contribution in [0.5, 0.6) is 0 Å². The normalized spacial score (nSPS) is 11.4. The van der Waals surface area contributed by atoms with Crippen molar-refractivity contribution in [2.45, 2.75) is 33.3 Å². The molecule has 0 N–H and O–H groups in total. The summed E-state index contributed by atoms with van der Waals surface area (Å²) in [6.07, 6.45) is 2.83. The fourth-order valence-corrected chi connectivity index (χ4v) is 3.54. The molecule has 166 valence electrons. The van der Waals surface area contributed by atoms with E-state index in [1.807, 2.05) is 44.2 Å². The standard InChI is InChI=1S/C22H19N7O4/c1-12(2)19-15(9-23-22-24-11-25-29(19)22)21(30)31-10-16-26-27-20(32-16)17-13(3)33-28-18(17)14-7-5-4-6-8-14/h4-9,11-12H,10H2,1-3H3. The van der Waals surface area contributed by atoms with Crippen LogP contribution in [0.2, 0.25) is 0 Å². The SMILES string of the molecule is Cc1onc(-c2ccccc2)c1-c1nnc(COC(=O)c2cnc3ncnn3c2C(C)C)o1. The molecule has 11 nitrogen and oxygen atoms in total. The van der Waals surface area contributed by atoms with Crippen molar-refractivity contribution in [2.24, 2.45) is 0 Å². The summed E-state index contributed by atoms with van der Waals surface area (Å²) in [6, 6.07) is 9.53. The van der Waals surface area contributed by atoms with E-state index in [1.54, 1.807) is 6.92 Å². The van der Waals surface area contributed by atoms with E-state index < -0.39 is 5.97 Å². The molecule has 4 heterocycles. The first-order chi connectivity index (χ1) is 16.0. The third-order valence-electron chi connectivity index (χ3n) is 5.03. The van der Waals surface area contributed by atoms with Crippen LogP contribution in [0.25, 0.3) is 28.5 Å². The van der Waals surface area contributed by atoms with E-state index in [2.05, 4.69) is 30.4 Å². The molecule has 5 rings (SSSR count). The molecule has 0 spiro atoms. The summed E-state index contributed by atoms with van der Waals surface area (Å²) in [5, 5.41) is 16.4. The summed E-state index contributed by atoms with van der Waals surface area (Å²) in [4.78, 5) is 21.0. The molecule has 0 aliphatic heterocycles. The predicted molar refractivity (Wildman–Crippen MR) is 114 cm³/mol. The molecule has 0 amide bonds. The minimum absolute atomic E-state index is 0.0114. The third kappa shape index (κ3) is 3.73. The lowest BCUT2D eigenvalue weighted by Crippen LogP contribution is -2.14. The second-order valence-corrected chi connectivity index (χ2v) is 7.59. The summed E-state index contributed by atoms with van der Waals surface area (Å²) >= 11 is 0. The molecule has 1 aromatic carbocycles. The number of fused-ring (bicyclic) bond motifs is 1. The van der Waals surface area contributed by atoms with Crippen molar-refractivity contribution in [1.82, 2.24) is 34.9 Å². The summed E-state index contributed by atoms with van der Waals surface area (Å²) < 4.78 is 18.1. The van der Waals surface area contributed by atoms with E-state index in [0.29, 0.717) is 34.1 Å². The lowest BCUT2D eigenvalue weighted by Gasteiger charge is -2.12. The van der Waals surface area contributed by atoms with Crippen molar-refractivity contribution in [3.8, 4) is 22.7 Å². The highest BCUT2D eigenvalue weighted by molar-refractivity contribution is 5.90. The van der Waals surface area contributed by atoms with Crippen molar-refractivity contribution >= 4 is 11.7 Å². The van der Waals surface area contributed by atoms with Gasteiger partial charge in [-0.15, -0.1) is 10.2 Å². The Labute approximate surface area is 187 Å². The number of hydrogen-bond donors (Lipinski definition) is 0. The van der Waals surface area contributed by atoms with Crippen molar-refractivity contribution in [2.75, 3.05) is 0 Å². The molecule has 0 aliphatic carbocycles. The van der Waals surface area contributed by atoms with Crippen molar-refractivity contribution in [3.05, 3.63) is 65.8 Å². The van der Waals surface area contributed by atoms with E-state index in [1.165, 1.54) is 17.0 Å². The van der Waals surface area contributed by atoms with Crippen LogP contribution in [0.1, 0.15) is 47.5 Å². The summed E-state index contributed by atoms with van der Waals surface area (Å²) in [5.74, 6) is 0.730. The minimum atomic E-state index is -0.575. The average Bonchev–Trinajstić information content (AvgIpc) is 3.56. The quantitative estimate of drug-likeness (QED) is 0.357. The van der Waals surface area contributed by atoms with Gasteiger partial charge in [0.25, 0.3) is 17.6 Å². The molecular formula is C22H19N7O4. The molecule has 0 fully saturated rings. The first-order valence-corrected chi connectivity index (χ1v) is 10.2. The predicted octanol–water partition coefficient (Wildman–Crippen LogP) is 3.62. The Morgan fingerprint density at radius 3 is 2.76 bits per heavy atom. The van der Waals surface area contributed by atoms with Crippen LogP contribution >= 0.6 is 0 Å².